The van der Waals surface area contributed by atoms with Gasteiger partial charge < -0.3 is 14.8 Å². The zero-order chi connectivity index (χ0) is 17.6. The summed E-state index contributed by atoms with van der Waals surface area (Å²) in [4.78, 5) is 23.3. The predicted octanol–water partition coefficient (Wildman–Crippen LogP) is -0.0497. The van der Waals surface area contributed by atoms with Crippen LogP contribution in [-0.4, -0.2) is 46.7 Å². The standard InChI is InChI=1S/C14H20N2O6S/c1-9-4-5-11(6-12(9)23(15,19)20)14(18)22-8-13(17)16-10(2)7-21-3/h4-6,10H,7-8H2,1-3H3,(H,16,17)(H2,15,19,20). The Balaban J connectivity index is 2.71. The maximum absolute atomic E-state index is 11.9. The van der Waals surface area contributed by atoms with Crippen LogP contribution in [0.2, 0.25) is 0 Å². The lowest BCUT2D eigenvalue weighted by atomic mass is 10.1. The van der Waals surface area contributed by atoms with Crippen LogP contribution < -0.4 is 10.5 Å². The quantitative estimate of drug-likeness (QED) is 0.668. The summed E-state index contributed by atoms with van der Waals surface area (Å²) in [5.41, 5.74) is 0.410. The van der Waals surface area contributed by atoms with Crippen LogP contribution in [0.1, 0.15) is 22.8 Å². The molecule has 0 spiro atoms. The van der Waals surface area contributed by atoms with Gasteiger partial charge in [0.1, 0.15) is 0 Å². The van der Waals surface area contributed by atoms with Gasteiger partial charge in [0, 0.05) is 13.2 Å². The summed E-state index contributed by atoms with van der Waals surface area (Å²) in [7, 11) is -2.44. The number of hydrogen-bond donors (Lipinski definition) is 2. The molecule has 1 unspecified atom stereocenters. The fraction of sp³-hybridized carbons (Fsp3) is 0.429. The summed E-state index contributed by atoms with van der Waals surface area (Å²) in [5.74, 6) is -1.30. The predicted molar refractivity (Wildman–Crippen MR) is 82.3 cm³/mol. The van der Waals surface area contributed by atoms with Crippen molar-refractivity contribution in [3.63, 3.8) is 0 Å². The summed E-state index contributed by atoms with van der Waals surface area (Å²) in [6.45, 7) is 3.14. The number of rotatable bonds is 7. The van der Waals surface area contributed by atoms with E-state index in [0.717, 1.165) is 6.07 Å². The highest BCUT2D eigenvalue weighted by Crippen LogP contribution is 2.16. The number of aryl methyl sites for hydroxylation is 1. The summed E-state index contributed by atoms with van der Waals surface area (Å²) in [5, 5.41) is 7.65. The highest BCUT2D eigenvalue weighted by molar-refractivity contribution is 7.89. The van der Waals surface area contributed by atoms with Crippen molar-refractivity contribution in [2.75, 3.05) is 20.3 Å². The molecular formula is C14H20N2O6S. The van der Waals surface area contributed by atoms with E-state index in [1.54, 1.807) is 13.8 Å². The van der Waals surface area contributed by atoms with Gasteiger partial charge in [-0.05, 0) is 31.5 Å². The van der Waals surface area contributed by atoms with E-state index in [2.05, 4.69) is 5.32 Å². The maximum Gasteiger partial charge on any atom is 0.338 e. The highest BCUT2D eigenvalue weighted by Gasteiger charge is 2.17. The van der Waals surface area contributed by atoms with Crippen LogP contribution in [-0.2, 0) is 24.3 Å². The van der Waals surface area contributed by atoms with Crippen molar-refractivity contribution in [3.05, 3.63) is 29.3 Å². The van der Waals surface area contributed by atoms with Crippen molar-refractivity contribution in [1.82, 2.24) is 5.32 Å². The van der Waals surface area contributed by atoms with E-state index in [1.165, 1.54) is 19.2 Å². The number of benzene rings is 1. The van der Waals surface area contributed by atoms with Gasteiger partial charge in [-0.3, -0.25) is 4.79 Å². The number of hydrogen-bond acceptors (Lipinski definition) is 6. The molecular weight excluding hydrogens is 324 g/mol. The molecule has 0 aliphatic rings. The van der Waals surface area contributed by atoms with E-state index in [-0.39, 0.29) is 16.5 Å². The van der Waals surface area contributed by atoms with Gasteiger partial charge in [-0.15, -0.1) is 0 Å². The van der Waals surface area contributed by atoms with Gasteiger partial charge in [-0.2, -0.15) is 0 Å². The second kappa shape index (κ2) is 8.04. The second-order valence-electron chi connectivity index (χ2n) is 5.03. The molecule has 0 aliphatic heterocycles. The summed E-state index contributed by atoms with van der Waals surface area (Å²) < 4.78 is 32.6. The Morgan fingerprint density at radius 1 is 1.35 bits per heavy atom. The average molecular weight is 344 g/mol. The number of carbonyl (C=O) groups is 2. The minimum absolute atomic E-state index is 0.00244. The number of sulfonamides is 1. The number of nitrogens with two attached hydrogens (primary N) is 1. The van der Waals surface area contributed by atoms with Crippen LogP contribution in [0.4, 0.5) is 0 Å². The molecule has 0 aliphatic carbocycles. The Bertz CT molecular complexity index is 687. The van der Waals surface area contributed by atoms with Crippen LogP contribution in [0, 0.1) is 6.92 Å². The molecule has 1 atom stereocenters. The first kappa shape index (κ1) is 19.1. The highest BCUT2D eigenvalue weighted by atomic mass is 32.2. The van der Waals surface area contributed by atoms with E-state index < -0.39 is 28.5 Å². The molecule has 0 heterocycles. The summed E-state index contributed by atoms with van der Waals surface area (Å²) >= 11 is 0. The third kappa shape index (κ3) is 5.97. The number of carbonyl (C=O) groups excluding carboxylic acids is 2. The molecule has 1 amide bonds. The minimum Gasteiger partial charge on any atom is -0.452 e. The molecule has 1 rings (SSSR count). The van der Waals surface area contributed by atoms with E-state index in [4.69, 9.17) is 14.6 Å². The maximum atomic E-state index is 11.9. The van der Waals surface area contributed by atoms with Crippen molar-refractivity contribution in [3.8, 4) is 0 Å². The molecule has 8 nitrogen and oxygen atoms in total. The first-order valence-electron chi connectivity index (χ1n) is 6.74. The zero-order valence-corrected chi connectivity index (χ0v) is 14.0. The summed E-state index contributed by atoms with van der Waals surface area (Å²) in [6.07, 6.45) is 0. The van der Waals surface area contributed by atoms with Crippen molar-refractivity contribution in [2.24, 2.45) is 5.14 Å². The van der Waals surface area contributed by atoms with Gasteiger partial charge >= 0.3 is 5.97 Å². The molecule has 0 fully saturated rings. The zero-order valence-electron chi connectivity index (χ0n) is 13.2. The molecule has 1 aromatic rings. The number of ether oxygens (including phenoxy) is 2. The van der Waals surface area contributed by atoms with Gasteiger partial charge in [-0.25, -0.2) is 18.4 Å². The van der Waals surface area contributed by atoms with E-state index in [1.807, 2.05) is 0 Å². The third-order valence-corrected chi connectivity index (χ3v) is 3.94. The minimum atomic E-state index is -3.94. The molecule has 0 radical (unpaired) electrons. The number of primary sulfonamides is 1. The molecule has 0 saturated carbocycles. The third-order valence-electron chi connectivity index (χ3n) is 2.89. The van der Waals surface area contributed by atoms with Crippen LogP contribution in [0.3, 0.4) is 0 Å². The molecule has 0 bridgehead atoms. The van der Waals surface area contributed by atoms with Gasteiger partial charge in [0.2, 0.25) is 10.0 Å². The van der Waals surface area contributed by atoms with Crippen LogP contribution in [0.25, 0.3) is 0 Å². The normalized spacial score (nSPS) is 12.5. The fourth-order valence-corrected chi connectivity index (χ4v) is 2.66. The molecule has 9 heteroatoms. The van der Waals surface area contributed by atoms with Crippen LogP contribution in [0.5, 0.6) is 0 Å². The Morgan fingerprint density at radius 2 is 2.00 bits per heavy atom. The van der Waals surface area contributed by atoms with E-state index in [0.29, 0.717) is 12.2 Å². The Hall–Kier alpha value is -1.97. The van der Waals surface area contributed by atoms with E-state index >= 15 is 0 Å². The van der Waals surface area contributed by atoms with Crippen molar-refractivity contribution in [2.45, 2.75) is 24.8 Å². The fourth-order valence-electron chi connectivity index (χ4n) is 1.86. The smallest absolute Gasteiger partial charge is 0.338 e. The Kier molecular flexibility index (Phi) is 6.67. The lowest BCUT2D eigenvalue weighted by molar-refractivity contribution is -0.125. The molecule has 0 aromatic heterocycles. The average Bonchev–Trinajstić information content (AvgIpc) is 2.44. The first-order chi connectivity index (χ1) is 10.6. The Morgan fingerprint density at radius 3 is 2.57 bits per heavy atom. The summed E-state index contributed by atoms with van der Waals surface area (Å²) in [6, 6.07) is 3.74. The van der Waals surface area contributed by atoms with Gasteiger partial charge in [0.25, 0.3) is 5.91 Å². The lowest BCUT2D eigenvalue weighted by Gasteiger charge is -2.13. The van der Waals surface area contributed by atoms with Crippen LogP contribution >= 0.6 is 0 Å². The monoisotopic (exact) mass is 344 g/mol. The largest absolute Gasteiger partial charge is 0.452 e. The Labute approximate surface area is 135 Å². The number of methoxy groups -OCH3 is 1. The lowest BCUT2D eigenvalue weighted by Crippen LogP contribution is -2.38. The first-order valence-corrected chi connectivity index (χ1v) is 8.28. The van der Waals surface area contributed by atoms with Crippen molar-refractivity contribution in [1.29, 1.82) is 0 Å². The van der Waals surface area contributed by atoms with Crippen molar-refractivity contribution < 1.29 is 27.5 Å². The number of amides is 1. The van der Waals surface area contributed by atoms with Gasteiger partial charge in [0.05, 0.1) is 17.1 Å². The molecule has 128 valence electrons. The second-order valence-corrected chi connectivity index (χ2v) is 6.56. The van der Waals surface area contributed by atoms with Crippen LogP contribution in [0.15, 0.2) is 23.1 Å². The number of nitrogens with one attached hydrogen (secondary N) is 1. The van der Waals surface area contributed by atoms with Crippen molar-refractivity contribution >= 4 is 21.9 Å². The van der Waals surface area contributed by atoms with E-state index in [9.17, 15) is 18.0 Å². The topological polar surface area (TPSA) is 125 Å². The van der Waals surface area contributed by atoms with Gasteiger partial charge in [0.15, 0.2) is 6.61 Å². The molecule has 0 saturated heterocycles. The molecule has 1 aromatic carbocycles. The van der Waals surface area contributed by atoms with Gasteiger partial charge in [-0.1, -0.05) is 6.07 Å². The number of esters is 1. The molecule has 3 N–H and O–H groups in total. The SMILES string of the molecule is COCC(C)NC(=O)COC(=O)c1ccc(C)c(S(N)(=O)=O)c1. The molecule has 23 heavy (non-hydrogen) atoms.